The quantitative estimate of drug-likeness (QED) is 0.752. The highest BCUT2D eigenvalue weighted by atomic mass is 32.1. The van der Waals surface area contributed by atoms with Crippen molar-refractivity contribution >= 4 is 17.3 Å². The molecule has 1 atom stereocenters. The average Bonchev–Trinajstić information content (AvgIpc) is 2.56. The Labute approximate surface area is 81.0 Å². The minimum atomic E-state index is -1.51. The first-order valence-corrected chi connectivity index (χ1v) is 4.90. The minimum absolute atomic E-state index is 0.278. The summed E-state index contributed by atoms with van der Waals surface area (Å²) in [4.78, 5) is 11.9. The van der Waals surface area contributed by atoms with Crippen molar-refractivity contribution in [2.45, 2.75) is 19.4 Å². The maximum atomic E-state index is 11.3. The number of rotatable bonds is 3. The van der Waals surface area contributed by atoms with Crippen molar-refractivity contribution in [2.24, 2.45) is 0 Å². The van der Waals surface area contributed by atoms with Crippen LogP contribution in [0, 0.1) is 0 Å². The summed E-state index contributed by atoms with van der Waals surface area (Å²) < 4.78 is 4.75. The summed E-state index contributed by atoms with van der Waals surface area (Å²) in [5, 5.41) is 11.6. The second-order valence-electron chi connectivity index (χ2n) is 2.77. The van der Waals surface area contributed by atoms with E-state index in [2.05, 4.69) is 0 Å². The molecule has 4 heteroatoms. The first-order chi connectivity index (χ1) is 6.09. The maximum absolute atomic E-state index is 11.3. The van der Waals surface area contributed by atoms with Crippen LogP contribution in [0.15, 0.2) is 17.5 Å². The number of thiophene rings is 1. The minimum Gasteiger partial charge on any atom is -0.464 e. The lowest BCUT2D eigenvalue weighted by Gasteiger charge is -2.18. The van der Waals surface area contributed by atoms with Crippen LogP contribution in [-0.2, 0) is 15.1 Å². The van der Waals surface area contributed by atoms with Gasteiger partial charge in [-0.2, -0.15) is 0 Å². The van der Waals surface area contributed by atoms with Gasteiger partial charge in [-0.15, -0.1) is 11.3 Å². The van der Waals surface area contributed by atoms with E-state index < -0.39 is 11.6 Å². The fraction of sp³-hybridized carbons (Fsp3) is 0.444. The lowest BCUT2D eigenvalue weighted by molar-refractivity contribution is -0.163. The summed E-state index contributed by atoms with van der Waals surface area (Å²) in [5.74, 6) is -0.600. The molecule has 0 aliphatic rings. The lowest BCUT2D eigenvalue weighted by Crippen LogP contribution is -2.33. The molecule has 0 saturated carbocycles. The van der Waals surface area contributed by atoms with E-state index in [1.807, 2.05) is 5.38 Å². The molecule has 0 aliphatic heterocycles. The molecule has 72 valence electrons. The fourth-order valence-electron chi connectivity index (χ4n) is 0.928. The smallest absolute Gasteiger partial charge is 0.343 e. The number of carbonyl (C=O) groups excluding carboxylic acids is 1. The van der Waals surface area contributed by atoms with Gasteiger partial charge in [0.15, 0.2) is 5.60 Å². The topological polar surface area (TPSA) is 46.5 Å². The van der Waals surface area contributed by atoms with Crippen molar-refractivity contribution < 1.29 is 14.6 Å². The molecule has 3 nitrogen and oxygen atoms in total. The van der Waals surface area contributed by atoms with E-state index in [0.29, 0.717) is 4.88 Å². The average molecular weight is 200 g/mol. The zero-order chi connectivity index (χ0) is 9.90. The van der Waals surface area contributed by atoms with E-state index in [1.54, 1.807) is 19.1 Å². The van der Waals surface area contributed by atoms with Gasteiger partial charge in [0, 0.05) is 4.88 Å². The number of hydrogen-bond acceptors (Lipinski definition) is 4. The highest BCUT2D eigenvalue weighted by Gasteiger charge is 2.34. The van der Waals surface area contributed by atoms with Crippen LogP contribution in [0.5, 0.6) is 0 Å². The Bertz CT molecular complexity index is 277. The first-order valence-electron chi connectivity index (χ1n) is 4.02. The summed E-state index contributed by atoms with van der Waals surface area (Å²) in [6.45, 7) is 3.43. The van der Waals surface area contributed by atoms with Gasteiger partial charge < -0.3 is 9.84 Å². The van der Waals surface area contributed by atoms with Gasteiger partial charge in [-0.3, -0.25) is 0 Å². The number of esters is 1. The van der Waals surface area contributed by atoms with Gasteiger partial charge in [0.1, 0.15) is 0 Å². The first kappa shape index (κ1) is 10.2. The van der Waals surface area contributed by atoms with Gasteiger partial charge >= 0.3 is 5.97 Å². The maximum Gasteiger partial charge on any atom is 0.343 e. The van der Waals surface area contributed by atoms with Crippen molar-refractivity contribution in [1.82, 2.24) is 0 Å². The standard InChI is InChI=1S/C9H12O3S/c1-3-12-8(10)9(2,11)7-5-4-6-13-7/h4-6,11H,3H2,1-2H3/t9-/m0/s1. The highest BCUT2D eigenvalue weighted by Crippen LogP contribution is 2.26. The molecule has 13 heavy (non-hydrogen) atoms. The van der Waals surface area contributed by atoms with Crippen LogP contribution in [0.4, 0.5) is 0 Å². The Hall–Kier alpha value is -0.870. The summed E-state index contributed by atoms with van der Waals surface area (Å²) in [6.07, 6.45) is 0. The van der Waals surface area contributed by atoms with Crippen molar-refractivity contribution in [1.29, 1.82) is 0 Å². The Morgan fingerprint density at radius 3 is 2.92 bits per heavy atom. The second kappa shape index (κ2) is 3.89. The zero-order valence-electron chi connectivity index (χ0n) is 7.61. The third kappa shape index (κ3) is 2.08. The van der Waals surface area contributed by atoms with Crippen LogP contribution in [-0.4, -0.2) is 17.7 Å². The predicted molar refractivity (Wildman–Crippen MR) is 50.5 cm³/mol. The van der Waals surface area contributed by atoms with E-state index in [0.717, 1.165) is 0 Å². The van der Waals surface area contributed by atoms with Crippen LogP contribution >= 0.6 is 11.3 Å². The van der Waals surface area contributed by atoms with E-state index in [-0.39, 0.29) is 6.61 Å². The molecule has 0 saturated heterocycles. The predicted octanol–water partition coefficient (Wildman–Crippen LogP) is 1.52. The molecule has 1 N–H and O–H groups in total. The van der Waals surface area contributed by atoms with Crippen molar-refractivity contribution in [2.75, 3.05) is 6.61 Å². The van der Waals surface area contributed by atoms with E-state index in [4.69, 9.17) is 4.74 Å². The molecule has 1 aromatic heterocycles. The summed E-state index contributed by atoms with van der Waals surface area (Å²) in [5.41, 5.74) is -1.51. The zero-order valence-corrected chi connectivity index (χ0v) is 8.43. The molecule has 1 heterocycles. The van der Waals surface area contributed by atoms with Crippen molar-refractivity contribution in [3.05, 3.63) is 22.4 Å². The molecule has 0 unspecified atom stereocenters. The molecular formula is C9H12O3S. The van der Waals surface area contributed by atoms with Gasteiger partial charge in [0.2, 0.25) is 0 Å². The van der Waals surface area contributed by atoms with Crippen molar-refractivity contribution in [3.63, 3.8) is 0 Å². The molecule has 0 aliphatic carbocycles. The Balaban J connectivity index is 2.82. The van der Waals surface area contributed by atoms with Gasteiger partial charge in [-0.05, 0) is 25.3 Å². The van der Waals surface area contributed by atoms with Crippen LogP contribution in [0.2, 0.25) is 0 Å². The Morgan fingerprint density at radius 2 is 2.46 bits per heavy atom. The van der Waals surface area contributed by atoms with Crippen LogP contribution in [0.3, 0.4) is 0 Å². The molecule has 0 aromatic carbocycles. The summed E-state index contributed by atoms with van der Waals surface area (Å²) in [7, 11) is 0. The monoisotopic (exact) mass is 200 g/mol. The van der Waals surface area contributed by atoms with Gasteiger partial charge in [-0.25, -0.2) is 4.79 Å². The number of carbonyl (C=O) groups is 1. The number of aliphatic hydroxyl groups is 1. The number of ether oxygens (including phenoxy) is 1. The number of hydrogen-bond donors (Lipinski definition) is 1. The Morgan fingerprint density at radius 1 is 1.77 bits per heavy atom. The molecular weight excluding hydrogens is 188 g/mol. The van der Waals surface area contributed by atoms with Crippen LogP contribution in [0.25, 0.3) is 0 Å². The molecule has 1 aromatic rings. The Kier molecular flexibility index (Phi) is 3.06. The van der Waals surface area contributed by atoms with E-state index in [9.17, 15) is 9.90 Å². The molecule has 0 bridgehead atoms. The van der Waals surface area contributed by atoms with Gasteiger partial charge in [0.25, 0.3) is 0 Å². The third-order valence-corrected chi connectivity index (χ3v) is 2.75. The summed E-state index contributed by atoms with van der Waals surface area (Å²) >= 11 is 1.33. The molecule has 0 radical (unpaired) electrons. The summed E-state index contributed by atoms with van der Waals surface area (Å²) in [6, 6.07) is 3.50. The fourth-order valence-corrected chi connectivity index (χ4v) is 1.70. The molecule has 1 rings (SSSR count). The third-order valence-electron chi connectivity index (χ3n) is 1.67. The lowest BCUT2D eigenvalue weighted by atomic mass is 10.1. The normalized spacial score (nSPS) is 15.0. The molecule has 0 fully saturated rings. The largest absolute Gasteiger partial charge is 0.464 e. The highest BCUT2D eigenvalue weighted by molar-refractivity contribution is 7.10. The molecule has 0 amide bonds. The van der Waals surface area contributed by atoms with Crippen LogP contribution < -0.4 is 0 Å². The SMILES string of the molecule is CCOC(=O)[C@@](C)(O)c1cccs1. The second-order valence-corrected chi connectivity index (χ2v) is 3.72. The van der Waals surface area contributed by atoms with Crippen LogP contribution in [0.1, 0.15) is 18.7 Å². The van der Waals surface area contributed by atoms with Gasteiger partial charge in [0.05, 0.1) is 6.61 Å². The molecule has 0 spiro atoms. The van der Waals surface area contributed by atoms with Gasteiger partial charge in [-0.1, -0.05) is 6.07 Å². The van der Waals surface area contributed by atoms with E-state index >= 15 is 0 Å². The van der Waals surface area contributed by atoms with E-state index in [1.165, 1.54) is 18.3 Å². The van der Waals surface area contributed by atoms with Crippen molar-refractivity contribution in [3.8, 4) is 0 Å².